The Kier molecular flexibility index (Phi) is 5.24. The smallest absolute Gasteiger partial charge is 0.243 e. The fourth-order valence-electron chi connectivity index (χ4n) is 2.36. The highest BCUT2D eigenvalue weighted by Crippen LogP contribution is 2.20. The highest BCUT2D eigenvalue weighted by molar-refractivity contribution is 7.89. The molecule has 0 unspecified atom stereocenters. The molecule has 116 valence electrons. The molecule has 0 saturated carbocycles. The first kappa shape index (κ1) is 16.3. The topological polar surface area (TPSA) is 57.7 Å². The largest absolute Gasteiger partial charge is 0.341 e. The minimum atomic E-state index is -3.52. The average molecular weight is 331 g/mol. The van der Waals surface area contributed by atoms with Gasteiger partial charge in [-0.25, -0.2) is 8.42 Å². The summed E-state index contributed by atoms with van der Waals surface area (Å²) in [7, 11) is -3.52. The number of hydrogen-bond donors (Lipinski definition) is 0. The number of sulfonamides is 1. The van der Waals surface area contributed by atoms with Crippen molar-refractivity contribution in [1.82, 2.24) is 9.21 Å². The quantitative estimate of drug-likeness (QED) is 0.851. The van der Waals surface area contributed by atoms with E-state index < -0.39 is 10.0 Å². The molecule has 0 spiro atoms. The van der Waals surface area contributed by atoms with E-state index in [2.05, 4.69) is 0 Å². The lowest BCUT2D eigenvalue weighted by Crippen LogP contribution is -2.37. The van der Waals surface area contributed by atoms with Crippen LogP contribution in [0.2, 0.25) is 5.02 Å². The highest BCUT2D eigenvalue weighted by atomic mass is 35.5. The van der Waals surface area contributed by atoms with Gasteiger partial charge in [0.1, 0.15) is 0 Å². The number of hydrogen-bond acceptors (Lipinski definition) is 3. The van der Waals surface area contributed by atoms with Gasteiger partial charge >= 0.3 is 0 Å². The van der Waals surface area contributed by atoms with Crippen LogP contribution in [0.3, 0.4) is 0 Å². The summed E-state index contributed by atoms with van der Waals surface area (Å²) in [4.78, 5) is 13.7. The number of halogens is 1. The van der Waals surface area contributed by atoms with Crippen LogP contribution in [0, 0.1) is 0 Å². The molecule has 0 aromatic heterocycles. The lowest BCUT2D eigenvalue weighted by molar-refractivity contribution is -0.130. The molecule has 0 N–H and O–H groups in total. The first-order chi connectivity index (χ1) is 9.95. The van der Waals surface area contributed by atoms with Crippen molar-refractivity contribution in [3.8, 4) is 0 Å². The number of benzene rings is 1. The summed E-state index contributed by atoms with van der Waals surface area (Å²) in [6, 6.07) is 6.16. The number of nitrogens with zero attached hydrogens (tertiary/aromatic N) is 2. The number of amides is 1. The minimum absolute atomic E-state index is 0.0701. The fraction of sp³-hybridized carbons (Fsp3) is 0.500. The highest BCUT2D eigenvalue weighted by Gasteiger charge is 2.27. The SMILES string of the molecule is CCC(=O)N1CCCN(S(=O)(=O)c2ccc(Cl)cc2)CC1. The molecular weight excluding hydrogens is 312 g/mol. The van der Waals surface area contributed by atoms with Crippen LogP contribution in [-0.2, 0) is 14.8 Å². The van der Waals surface area contributed by atoms with E-state index in [0.717, 1.165) is 0 Å². The molecule has 5 nitrogen and oxygen atoms in total. The van der Waals surface area contributed by atoms with Gasteiger partial charge in [0.25, 0.3) is 0 Å². The normalized spacial score (nSPS) is 17.5. The van der Waals surface area contributed by atoms with Crippen molar-refractivity contribution < 1.29 is 13.2 Å². The van der Waals surface area contributed by atoms with Crippen molar-refractivity contribution in [3.05, 3.63) is 29.3 Å². The van der Waals surface area contributed by atoms with Gasteiger partial charge in [0.05, 0.1) is 4.90 Å². The molecule has 21 heavy (non-hydrogen) atoms. The first-order valence-electron chi connectivity index (χ1n) is 6.98. The first-order valence-corrected chi connectivity index (χ1v) is 8.80. The summed E-state index contributed by atoms with van der Waals surface area (Å²) in [5.74, 6) is 0.0701. The lowest BCUT2D eigenvalue weighted by atomic mass is 10.3. The van der Waals surface area contributed by atoms with Crippen LogP contribution in [0.4, 0.5) is 0 Å². The van der Waals surface area contributed by atoms with Crippen molar-refractivity contribution in [1.29, 1.82) is 0 Å². The number of rotatable bonds is 3. The molecule has 1 saturated heterocycles. The monoisotopic (exact) mass is 330 g/mol. The average Bonchev–Trinajstić information content (AvgIpc) is 2.73. The maximum Gasteiger partial charge on any atom is 0.243 e. The van der Waals surface area contributed by atoms with Gasteiger partial charge in [0.15, 0.2) is 0 Å². The van der Waals surface area contributed by atoms with E-state index in [-0.39, 0.29) is 10.8 Å². The summed E-state index contributed by atoms with van der Waals surface area (Å²) >= 11 is 5.79. The van der Waals surface area contributed by atoms with Crippen LogP contribution in [0.25, 0.3) is 0 Å². The van der Waals surface area contributed by atoms with E-state index in [4.69, 9.17) is 11.6 Å². The molecular formula is C14H19ClN2O3S. The molecule has 1 aliphatic heterocycles. The predicted octanol–water partition coefficient (Wildman–Crippen LogP) is 1.97. The van der Waals surface area contributed by atoms with E-state index >= 15 is 0 Å². The molecule has 1 aromatic carbocycles. The number of carbonyl (C=O) groups excluding carboxylic acids is 1. The molecule has 1 aliphatic rings. The Morgan fingerprint density at radius 3 is 2.43 bits per heavy atom. The summed E-state index contributed by atoms with van der Waals surface area (Å²) in [6.45, 7) is 3.63. The van der Waals surface area contributed by atoms with Gasteiger partial charge in [-0.2, -0.15) is 4.31 Å². The van der Waals surface area contributed by atoms with E-state index in [1.807, 2.05) is 6.92 Å². The van der Waals surface area contributed by atoms with Crippen molar-refractivity contribution in [2.75, 3.05) is 26.2 Å². The molecule has 1 aromatic rings. The van der Waals surface area contributed by atoms with Crippen LogP contribution in [-0.4, -0.2) is 49.7 Å². The van der Waals surface area contributed by atoms with Gasteiger partial charge in [0.2, 0.25) is 15.9 Å². The molecule has 1 fully saturated rings. The van der Waals surface area contributed by atoms with Crippen molar-refractivity contribution >= 4 is 27.5 Å². The van der Waals surface area contributed by atoms with E-state index in [1.54, 1.807) is 17.0 Å². The maximum atomic E-state index is 12.6. The van der Waals surface area contributed by atoms with Crippen LogP contribution in [0.5, 0.6) is 0 Å². The molecule has 0 aliphatic carbocycles. The Morgan fingerprint density at radius 1 is 1.14 bits per heavy atom. The van der Waals surface area contributed by atoms with Crippen LogP contribution in [0.15, 0.2) is 29.2 Å². The Balaban J connectivity index is 2.14. The van der Waals surface area contributed by atoms with Gasteiger partial charge < -0.3 is 4.90 Å². The Bertz CT molecular complexity index is 601. The van der Waals surface area contributed by atoms with Crippen molar-refractivity contribution in [2.45, 2.75) is 24.7 Å². The summed E-state index contributed by atoms with van der Waals surface area (Å²) in [5, 5.41) is 0.504. The van der Waals surface area contributed by atoms with E-state index in [0.29, 0.717) is 44.0 Å². The Morgan fingerprint density at radius 2 is 1.81 bits per heavy atom. The zero-order chi connectivity index (χ0) is 15.5. The van der Waals surface area contributed by atoms with Crippen LogP contribution >= 0.6 is 11.6 Å². The second kappa shape index (κ2) is 6.77. The zero-order valence-electron chi connectivity index (χ0n) is 12.0. The predicted molar refractivity (Wildman–Crippen MR) is 81.7 cm³/mol. The van der Waals surface area contributed by atoms with Crippen molar-refractivity contribution in [3.63, 3.8) is 0 Å². The molecule has 1 amide bonds. The molecule has 0 bridgehead atoms. The summed E-state index contributed by atoms with van der Waals surface area (Å²) in [6.07, 6.45) is 1.10. The molecule has 1 heterocycles. The van der Waals surface area contributed by atoms with Gasteiger partial charge in [-0.15, -0.1) is 0 Å². The third-order valence-corrected chi connectivity index (χ3v) is 5.73. The lowest BCUT2D eigenvalue weighted by Gasteiger charge is -2.21. The Labute approximate surface area is 130 Å². The minimum Gasteiger partial charge on any atom is -0.341 e. The standard InChI is InChI=1S/C14H19ClN2O3S/c1-2-14(18)16-8-3-9-17(11-10-16)21(19,20)13-6-4-12(15)5-7-13/h4-7H,2-3,8-11H2,1H3. The van der Waals surface area contributed by atoms with Crippen LogP contribution in [0.1, 0.15) is 19.8 Å². The van der Waals surface area contributed by atoms with Gasteiger partial charge in [-0.3, -0.25) is 4.79 Å². The van der Waals surface area contributed by atoms with E-state index in [1.165, 1.54) is 16.4 Å². The number of carbonyl (C=O) groups is 1. The second-order valence-corrected chi connectivity index (χ2v) is 7.32. The fourth-order valence-corrected chi connectivity index (χ4v) is 3.96. The Hall–Kier alpha value is -1.11. The van der Waals surface area contributed by atoms with Crippen molar-refractivity contribution in [2.24, 2.45) is 0 Å². The second-order valence-electron chi connectivity index (χ2n) is 4.95. The van der Waals surface area contributed by atoms with E-state index in [9.17, 15) is 13.2 Å². The molecule has 2 rings (SSSR count). The maximum absolute atomic E-state index is 12.6. The van der Waals surface area contributed by atoms with Gasteiger partial charge in [-0.05, 0) is 30.7 Å². The van der Waals surface area contributed by atoms with Gasteiger partial charge in [-0.1, -0.05) is 18.5 Å². The molecule has 7 heteroatoms. The molecule has 0 atom stereocenters. The zero-order valence-corrected chi connectivity index (χ0v) is 13.5. The van der Waals surface area contributed by atoms with Crippen LogP contribution < -0.4 is 0 Å². The molecule has 0 radical (unpaired) electrons. The third kappa shape index (κ3) is 3.75. The summed E-state index contributed by atoms with van der Waals surface area (Å²) in [5.41, 5.74) is 0. The van der Waals surface area contributed by atoms with Gasteiger partial charge in [0, 0.05) is 37.6 Å². The summed E-state index contributed by atoms with van der Waals surface area (Å²) < 4.78 is 26.6. The third-order valence-electron chi connectivity index (χ3n) is 3.56.